The molecule has 0 aromatic heterocycles. The van der Waals surface area contributed by atoms with E-state index < -0.39 is 22.5 Å². The summed E-state index contributed by atoms with van der Waals surface area (Å²) in [5, 5.41) is 3.26. The van der Waals surface area contributed by atoms with E-state index in [1.807, 2.05) is 6.92 Å². The molecule has 0 spiro atoms. The zero-order chi connectivity index (χ0) is 24.2. The van der Waals surface area contributed by atoms with Gasteiger partial charge in [0.05, 0.1) is 35.5 Å². The Morgan fingerprint density at radius 3 is 2.24 bits per heavy atom. The summed E-state index contributed by atoms with van der Waals surface area (Å²) in [6.07, 6.45) is 0. The summed E-state index contributed by atoms with van der Waals surface area (Å²) >= 11 is 12.1. The molecule has 0 unspecified atom stereocenters. The van der Waals surface area contributed by atoms with Gasteiger partial charge >= 0.3 is 0 Å². The molecule has 0 atom stereocenters. The average Bonchev–Trinajstić information content (AvgIpc) is 2.79. The fourth-order valence-electron chi connectivity index (χ4n) is 3.05. The van der Waals surface area contributed by atoms with Crippen molar-refractivity contribution in [1.29, 1.82) is 0 Å². The molecule has 3 aromatic rings. The van der Waals surface area contributed by atoms with Gasteiger partial charge in [0.15, 0.2) is 11.5 Å². The van der Waals surface area contributed by atoms with Crippen molar-refractivity contribution in [2.75, 3.05) is 30.4 Å². The van der Waals surface area contributed by atoms with E-state index in [1.54, 1.807) is 24.3 Å². The zero-order valence-electron chi connectivity index (χ0n) is 18.1. The van der Waals surface area contributed by atoms with E-state index in [2.05, 4.69) is 5.32 Å². The first-order chi connectivity index (χ1) is 15.6. The smallest absolute Gasteiger partial charge is 0.264 e. The summed E-state index contributed by atoms with van der Waals surface area (Å²) in [6, 6.07) is 15.5. The standard InChI is InChI=1S/C23H22Cl2N2O5S/c1-15-4-8-18(9-5-15)33(29,30)27(17-7-11-21(31-2)22(13-17)32-3)14-23(28)26-20-12-16(24)6-10-19(20)25/h4-13H,14H2,1-3H3,(H,26,28). The minimum absolute atomic E-state index is 0.0384. The predicted octanol–water partition coefficient (Wildman–Crippen LogP) is 5.15. The second-order valence-electron chi connectivity index (χ2n) is 7.04. The van der Waals surface area contributed by atoms with E-state index in [9.17, 15) is 13.2 Å². The lowest BCUT2D eigenvalue weighted by Crippen LogP contribution is -2.38. The van der Waals surface area contributed by atoms with Gasteiger partial charge in [0.1, 0.15) is 6.54 Å². The predicted molar refractivity (Wildman–Crippen MR) is 130 cm³/mol. The van der Waals surface area contributed by atoms with E-state index >= 15 is 0 Å². The molecule has 1 amide bonds. The van der Waals surface area contributed by atoms with Gasteiger partial charge in [-0.3, -0.25) is 9.10 Å². The maximum absolute atomic E-state index is 13.5. The third-order valence-electron chi connectivity index (χ3n) is 4.75. The first kappa shape index (κ1) is 24.7. The summed E-state index contributed by atoms with van der Waals surface area (Å²) in [6.45, 7) is 1.33. The number of amides is 1. The van der Waals surface area contributed by atoms with Gasteiger partial charge < -0.3 is 14.8 Å². The molecule has 33 heavy (non-hydrogen) atoms. The van der Waals surface area contributed by atoms with Gasteiger partial charge in [-0.1, -0.05) is 40.9 Å². The minimum Gasteiger partial charge on any atom is -0.493 e. The molecule has 10 heteroatoms. The Hall–Kier alpha value is -2.94. The Morgan fingerprint density at radius 1 is 0.939 bits per heavy atom. The lowest BCUT2D eigenvalue weighted by molar-refractivity contribution is -0.114. The van der Waals surface area contributed by atoms with E-state index in [4.69, 9.17) is 32.7 Å². The third-order valence-corrected chi connectivity index (χ3v) is 7.11. The number of aryl methyl sites for hydroxylation is 1. The Kier molecular flexibility index (Phi) is 7.73. The SMILES string of the molecule is COc1ccc(N(CC(=O)Nc2cc(Cl)ccc2Cl)S(=O)(=O)c2ccc(C)cc2)cc1OC. The maximum Gasteiger partial charge on any atom is 0.264 e. The van der Waals surface area contributed by atoms with Crippen LogP contribution in [0.2, 0.25) is 10.0 Å². The highest BCUT2D eigenvalue weighted by atomic mass is 35.5. The van der Waals surface area contributed by atoms with Gasteiger partial charge in [0, 0.05) is 11.1 Å². The van der Waals surface area contributed by atoms with Crippen molar-refractivity contribution in [2.45, 2.75) is 11.8 Å². The number of benzene rings is 3. The van der Waals surface area contributed by atoms with Crippen LogP contribution in [0, 0.1) is 6.92 Å². The largest absolute Gasteiger partial charge is 0.493 e. The quantitative estimate of drug-likeness (QED) is 0.454. The Morgan fingerprint density at radius 2 is 1.61 bits per heavy atom. The van der Waals surface area contributed by atoms with Crippen LogP contribution < -0.4 is 19.1 Å². The fourth-order valence-corrected chi connectivity index (χ4v) is 4.80. The summed E-state index contributed by atoms with van der Waals surface area (Å²) < 4.78 is 38.6. The highest BCUT2D eigenvalue weighted by molar-refractivity contribution is 7.92. The molecule has 3 rings (SSSR count). The van der Waals surface area contributed by atoms with Gasteiger partial charge in [-0.05, 0) is 49.4 Å². The lowest BCUT2D eigenvalue weighted by Gasteiger charge is -2.25. The Balaban J connectivity index is 2.02. The molecule has 0 radical (unpaired) electrons. The van der Waals surface area contributed by atoms with E-state index in [0.29, 0.717) is 16.5 Å². The second-order valence-corrected chi connectivity index (χ2v) is 9.74. The number of anilines is 2. The molecule has 1 N–H and O–H groups in total. The molecule has 0 saturated heterocycles. The molecular weight excluding hydrogens is 487 g/mol. The van der Waals surface area contributed by atoms with Crippen LogP contribution in [0.5, 0.6) is 11.5 Å². The second kappa shape index (κ2) is 10.3. The van der Waals surface area contributed by atoms with Crippen molar-refractivity contribution in [2.24, 2.45) is 0 Å². The number of ether oxygens (including phenoxy) is 2. The summed E-state index contributed by atoms with van der Waals surface area (Å²) in [7, 11) is -1.19. The number of hydrogen-bond donors (Lipinski definition) is 1. The number of rotatable bonds is 8. The molecule has 0 bridgehead atoms. The molecule has 0 aliphatic rings. The lowest BCUT2D eigenvalue weighted by atomic mass is 10.2. The van der Waals surface area contributed by atoms with Gasteiger partial charge in [-0.15, -0.1) is 0 Å². The van der Waals surface area contributed by atoms with Gasteiger partial charge in [0.2, 0.25) is 5.91 Å². The van der Waals surface area contributed by atoms with E-state index in [1.165, 1.54) is 50.6 Å². The van der Waals surface area contributed by atoms with Crippen molar-refractivity contribution < 1.29 is 22.7 Å². The number of nitrogens with one attached hydrogen (secondary N) is 1. The molecule has 0 aliphatic carbocycles. The van der Waals surface area contributed by atoms with Crippen LogP contribution in [0.3, 0.4) is 0 Å². The molecule has 174 valence electrons. The summed E-state index contributed by atoms with van der Waals surface area (Å²) in [5.74, 6) is 0.131. The van der Waals surface area contributed by atoms with Crippen molar-refractivity contribution in [1.82, 2.24) is 0 Å². The van der Waals surface area contributed by atoms with Gasteiger partial charge in [-0.25, -0.2) is 8.42 Å². The summed E-state index contributed by atoms with van der Waals surface area (Å²) in [4.78, 5) is 12.9. The first-order valence-electron chi connectivity index (χ1n) is 9.72. The molecule has 3 aromatic carbocycles. The Labute approximate surface area is 202 Å². The molecule has 0 aliphatic heterocycles. The molecule has 7 nitrogen and oxygen atoms in total. The molecule has 0 heterocycles. The highest BCUT2D eigenvalue weighted by Crippen LogP contribution is 2.34. The third kappa shape index (κ3) is 5.71. The van der Waals surface area contributed by atoms with Crippen molar-refractivity contribution in [3.8, 4) is 11.5 Å². The van der Waals surface area contributed by atoms with Crippen LogP contribution in [-0.4, -0.2) is 35.1 Å². The maximum atomic E-state index is 13.5. The average molecular weight is 509 g/mol. The number of carbonyl (C=O) groups is 1. The fraction of sp³-hybridized carbons (Fsp3) is 0.174. The molecule has 0 saturated carbocycles. The van der Waals surface area contributed by atoms with Crippen LogP contribution in [0.4, 0.5) is 11.4 Å². The van der Waals surface area contributed by atoms with Crippen LogP contribution in [0.1, 0.15) is 5.56 Å². The summed E-state index contributed by atoms with van der Waals surface area (Å²) in [5.41, 5.74) is 1.40. The normalized spacial score (nSPS) is 11.1. The Bertz CT molecular complexity index is 1260. The monoisotopic (exact) mass is 508 g/mol. The van der Waals surface area contributed by atoms with Gasteiger partial charge in [0.25, 0.3) is 10.0 Å². The number of halogens is 2. The van der Waals surface area contributed by atoms with Crippen molar-refractivity contribution in [3.05, 3.63) is 76.3 Å². The first-order valence-corrected chi connectivity index (χ1v) is 11.9. The number of sulfonamides is 1. The highest BCUT2D eigenvalue weighted by Gasteiger charge is 2.28. The zero-order valence-corrected chi connectivity index (χ0v) is 20.5. The minimum atomic E-state index is -4.10. The van der Waals surface area contributed by atoms with Crippen LogP contribution in [0.25, 0.3) is 0 Å². The number of nitrogens with zero attached hydrogens (tertiary/aromatic N) is 1. The number of carbonyl (C=O) groups excluding carboxylic acids is 1. The topological polar surface area (TPSA) is 84.9 Å². The number of hydrogen-bond acceptors (Lipinski definition) is 5. The number of methoxy groups -OCH3 is 2. The molecular formula is C23H22Cl2N2O5S. The van der Waals surface area contributed by atoms with Gasteiger partial charge in [-0.2, -0.15) is 0 Å². The van der Waals surface area contributed by atoms with Crippen molar-refractivity contribution >= 4 is 50.5 Å². The van der Waals surface area contributed by atoms with E-state index in [-0.39, 0.29) is 21.3 Å². The van der Waals surface area contributed by atoms with Crippen LogP contribution in [0.15, 0.2) is 65.6 Å². The molecule has 0 fully saturated rings. The van der Waals surface area contributed by atoms with Crippen LogP contribution in [-0.2, 0) is 14.8 Å². The van der Waals surface area contributed by atoms with Crippen LogP contribution >= 0.6 is 23.2 Å². The van der Waals surface area contributed by atoms with E-state index in [0.717, 1.165) is 9.87 Å². The van der Waals surface area contributed by atoms with Crippen molar-refractivity contribution in [3.63, 3.8) is 0 Å².